The Balaban J connectivity index is 1.78. The summed E-state index contributed by atoms with van der Waals surface area (Å²) < 4.78 is 10.7. The Bertz CT molecular complexity index is 1040. The molecule has 1 unspecified atom stereocenters. The van der Waals surface area contributed by atoms with Gasteiger partial charge in [-0.25, -0.2) is 0 Å². The fourth-order valence-corrected chi connectivity index (χ4v) is 3.28. The molecular weight excluding hydrogens is 423 g/mol. The lowest BCUT2D eigenvalue weighted by molar-refractivity contribution is -0.116. The van der Waals surface area contributed by atoms with E-state index in [0.717, 1.165) is 28.3 Å². The number of benzene rings is 3. The van der Waals surface area contributed by atoms with E-state index in [0.29, 0.717) is 15.7 Å². The third-order valence-electron chi connectivity index (χ3n) is 4.56. The summed E-state index contributed by atoms with van der Waals surface area (Å²) in [4.78, 5) is 12.6. The van der Waals surface area contributed by atoms with Crippen molar-refractivity contribution in [3.8, 4) is 22.6 Å². The van der Waals surface area contributed by atoms with Crippen molar-refractivity contribution < 1.29 is 14.3 Å². The van der Waals surface area contributed by atoms with Crippen LogP contribution < -0.4 is 20.1 Å². The van der Waals surface area contributed by atoms with Crippen LogP contribution in [0.25, 0.3) is 11.1 Å². The van der Waals surface area contributed by atoms with E-state index in [2.05, 4.69) is 10.6 Å². The van der Waals surface area contributed by atoms with Crippen LogP contribution in [0.3, 0.4) is 0 Å². The molecule has 1 amide bonds. The summed E-state index contributed by atoms with van der Waals surface area (Å²) in [6.45, 7) is 1.77. The summed E-state index contributed by atoms with van der Waals surface area (Å²) in [7, 11) is 3.25. The molecule has 0 aliphatic heterocycles. The zero-order valence-corrected chi connectivity index (χ0v) is 18.3. The molecule has 0 saturated heterocycles. The molecule has 0 aromatic heterocycles. The molecule has 0 saturated carbocycles. The summed E-state index contributed by atoms with van der Waals surface area (Å²) in [5.41, 5.74) is 3.12. The predicted octanol–water partition coefficient (Wildman–Crippen LogP) is 6.12. The van der Waals surface area contributed by atoms with Crippen LogP contribution in [0.15, 0.2) is 60.7 Å². The highest BCUT2D eigenvalue weighted by Crippen LogP contribution is 2.34. The fourth-order valence-electron chi connectivity index (χ4n) is 2.94. The highest BCUT2D eigenvalue weighted by Gasteiger charge is 2.16. The normalized spacial score (nSPS) is 11.5. The first kappa shape index (κ1) is 21.8. The maximum Gasteiger partial charge on any atom is 0.246 e. The molecule has 0 aliphatic rings. The number of halogens is 2. The number of methoxy groups -OCH3 is 2. The fraction of sp³-hybridized carbons (Fsp3) is 0.174. The molecule has 0 fully saturated rings. The Labute approximate surface area is 185 Å². The van der Waals surface area contributed by atoms with Gasteiger partial charge in [0.1, 0.15) is 17.5 Å². The minimum absolute atomic E-state index is 0.235. The molecule has 30 heavy (non-hydrogen) atoms. The first-order valence-electron chi connectivity index (χ1n) is 9.26. The second kappa shape index (κ2) is 9.74. The van der Waals surface area contributed by atoms with E-state index in [-0.39, 0.29) is 5.91 Å². The van der Waals surface area contributed by atoms with Gasteiger partial charge < -0.3 is 20.1 Å². The van der Waals surface area contributed by atoms with Gasteiger partial charge in [-0.15, -0.1) is 0 Å². The third-order valence-corrected chi connectivity index (χ3v) is 5.13. The topological polar surface area (TPSA) is 59.6 Å². The maximum absolute atomic E-state index is 12.6. The van der Waals surface area contributed by atoms with Crippen LogP contribution in [0.4, 0.5) is 11.4 Å². The lowest BCUT2D eigenvalue weighted by Gasteiger charge is -2.18. The first-order valence-corrected chi connectivity index (χ1v) is 10.0. The van der Waals surface area contributed by atoms with Crippen molar-refractivity contribution in [3.63, 3.8) is 0 Å². The lowest BCUT2D eigenvalue weighted by Crippen LogP contribution is -2.32. The van der Waals surface area contributed by atoms with Crippen LogP contribution in [-0.2, 0) is 4.79 Å². The molecule has 0 spiro atoms. The minimum Gasteiger partial charge on any atom is -0.497 e. The quantitative estimate of drug-likeness (QED) is 0.460. The SMILES string of the molecule is COc1ccc(-c2cc(NC(C)C(=O)Nc3cc(Cl)ccc3Cl)ccc2OC)cc1. The number of ether oxygens (including phenoxy) is 2. The van der Waals surface area contributed by atoms with Gasteiger partial charge in [-0.1, -0.05) is 35.3 Å². The highest BCUT2D eigenvalue weighted by molar-refractivity contribution is 6.35. The first-order chi connectivity index (χ1) is 14.4. The van der Waals surface area contributed by atoms with Crippen LogP contribution in [0.5, 0.6) is 11.5 Å². The Hall–Kier alpha value is -2.89. The van der Waals surface area contributed by atoms with Gasteiger partial charge in [0.15, 0.2) is 0 Å². The average molecular weight is 445 g/mol. The number of nitrogens with one attached hydrogen (secondary N) is 2. The summed E-state index contributed by atoms with van der Waals surface area (Å²) in [6.07, 6.45) is 0. The van der Waals surface area contributed by atoms with Crippen molar-refractivity contribution in [1.29, 1.82) is 0 Å². The molecule has 3 aromatic rings. The molecule has 3 rings (SSSR count). The van der Waals surface area contributed by atoms with Crippen molar-refractivity contribution >= 4 is 40.5 Å². The Morgan fingerprint density at radius 2 is 1.67 bits per heavy atom. The number of rotatable bonds is 7. The smallest absolute Gasteiger partial charge is 0.246 e. The van der Waals surface area contributed by atoms with Gasteiger partial charge >= 0.3 is 0 Å². The van der Waals surface area contributed by atoms with Crippen molar-refractivity contribution in [2.45, 2.75) is 13.0 Å². The molecule has 156 valence electrons. The minimum atomic E-state index is -0.517. The summed E-state index contributed by atoms with van der Waals surface area (Å²) in [5.74, 6) is 1.27. The molecular formula is C23H22Cl2N2O3. The van der Waals surface area contributed by atoms with Crippen molar-refractivity contribution in [3.05, 3.63) is 70.7 Å². The zero-order chi connectivity index (χ0) is 21.7. The predicted molar refractivity (Wildman–Crippen MR) is 123 cm³/mol. The molecule has 5 nitrogen and oxygen atoms in total. The van der Waals surface area contributed by atoms with E-state index in [1.165, 1.54) is 0 Å². The zero-order valence-electron chi connectivity index (χ0n) is 16.8. The standard InChI is InChI=1S/C23H22Cl2N2O3/c1-14(23(28)27-21-12-16(24)6-10-20(21)25)26-17-7-11-22(30-3)19(13-17)15-4-8-18(29-2)9-5-15/h4-14,26H,1-3H3,(H,27,28). The Kier molecular flexibility index (Phi) is 7.08. The second-order valence-corrected chi connectivity index (χ2v) is 7.47. The summed E-state index contributed by atoms with van der Waals surface area (Å²) in [5, 5.41) is 6.93. The van der Waals surface area contributed by atoms with Crippen molar-refractivity contribution in [2.75, 3.05) is 24.9 Å². The number of hydrogen-bond acceptors (Lipinski definition) is 4. The lowest BCUT2D eigenvalue weighted by atomic mass is 10.0. The van der Waals surface area contributed by atoms with Gasteiger partial charge in [0, 0.05) is 16.3 Å². The largest absolute Gasteiger partial charge is 0.497 e. The number of hydrogen-bond donors (Lipinski definition) is 2. The van der Waals surface area contributed by atoms with Gasteiger partial charge in [-0.2, -0.15) is 0 Å². The second-order valence-electron chi connectivity index (χ2n) is 6.62. The van der Waals surface area contributed by atoms with Gasteiger partial charge in [0.05, 0.1) is 24.9 Å². The van der Waals surface area contributed by atoms with E-state index >= 15 is 0 Å². The third kappa shape index (κ3) is 5.17. The monoisotopic (exact) mass is 444 g/mol. The van der Waals surface area contributed by atoms with Crippen LogP contribution in [-0.4, -0.2) is 26.2 Å². The van der Waals surface area contributed by atoms with Gasteiger partial charge in [0.25, 0.3) is 0 Å². The molecule has 0 bridgehead atoms. The van der Waals surface area contributed by atoms with Gasteiger partial charge in [-0.3, -0.25) is 4.79 Å². The van der Waals surface area contributed by atoms with Crippen molar-refractivity contribution in [2.24, 2.45) is 0 Å². The average Bonchev–Trinajstić information content (AvgIpc) is 2.76. The van der Waals surface area contributed by atoms with Crippen LogP contribution in [0.1, 0.15) is 6.92 Å². The molecule has 2 N–H and O–H groups in total. The van der Waals surface area contributed by atoms with E-state index in [1.54, 1.807) is 39.3 Å². The number of amides is 1. The highest BCUT2D eigenvalue weighted by atomic mass is 35.5. The van der Waals surface area contributed by atoms with Gasteiger partial charge in [-0.05, 0) is 61.0 Å². The molecule has 0 radical (unpaired) electrons. The van der Waals surface area contributed by atoms with E-state index in [1.807, 2.05) is 42.5 Å². The van der Waals surface area contributed by atoms with Gasteiger partial charge in [0.2, 0.25) is 5.91 Å². The summed E-state index contributed by atoms with van der Waals surface area (Å²) in [6, 6.07) is 17.8. The number of carbonyl (C=O) groups excluding carboxylic acids is 1. The van der Waals surface area contributed by atoms with E-state index < -0.39 is 6.04 Å². The Morgan fingerprint density at radius 3 is 2.33 bits per heavy atom. The van der Waals surface area contributed by atoms with Crippen LogP contribution in [0, 0.1) is 0 Å². The molecule has 3 aromatic carbocycles. The molecule has 0 aliphatic carbocycles. The maximum atomic E-state index is 12.6. The number of anilines is 2. The summed E-state index contributed by atoms with van der Waals surface area (Å²) >= 11 is 12.1. The molecule has 7 heteroatoms. The van der Waals surface area contributed by atoms with E-state index in [9.17, 15) is 4.79 Å². The Morgan fingerprint density at radius 1 is 0.933 bits per heavy atom. The van der Waals surface area contributed by atoms with Crippen LogP contribution in [0.2, 0.25) is 10.0 Å². The molecule has 1 atom stereocenters. The molecule has 0 heterocycles. The van der Waals surface area contributed by atoms with E-state index in [4.69, 9.17) is 32.7 Å². The van der Waals surface area contributed by atoms with Crippen LogP contribution >= 0.6 is 23.2 Å². The number of carbonyl (C=O) groups is 1. The van der Waals surface area contributed by atoms with Crippen molar-refractivity contribution in [1.82, 2.24) is 0 Å².